The summed E-state index contributed by atoms with van der Waals surface area (Å²) in [5, 5.41) is 0.656. The Kier molecular flexibility index (Phi) is 5.12. The number of hydrogen-bond acceptors (Lipinski definition) is 2. The van der Waals surface area contributed by atoms with Crippen molar-refractivity contribution in [2.24, 2.45) is 0 Å². The Balaban J connectivity index is 5.04. The molecule has 0 unspecified atom stereocenters. The molecule has 0 amide bonds. The molecule has 0 saturated heterocycles. The predicted octanol–water partition coefficient (Wildman–Crippen LogP) is 4.04. The van der Waals surface area contributed by atoms with Gasteiger partial charge in [-0.2, -0.15) is 0 Å². The maximum Gasteiger partial charge on any atom is 0.112 e. The first-order chi connectivity index (χ1) is 6.19. The second-order valence-electron chi connectivity index (χ2n) is 4.07. The van der Waals surface area contributed by atoms with Crippen LogP contribution in [0.5, 0.6) is 0 Å². The minimum atomic E-state index is -2.37. The molecule has 82 valence electrons. The Morgan fingerprint density at radius 1 is 1.07 bits per heavy atom. The van der Waals surface area contributed by atoms with Crippen LogP contribution in [0.2, 0.25) is 0 Å². The fraction of sp³-hybridized carbons (Fsp3) is 0.600. The van der Waals surface area contributed by atoms with Crippen LogP contribution in [0, 0.1) is 0 Å². The van der Waals surface area contributed by atoms with Crippen molar-refractivity contribution in [1.29, 1.82) is 0 Å². The SMILES string of the molecule is CC=CCC=C(P(C)(C)=O)P(C)(C)=O. The van der Waals surface area contributed by atoms with E-state index in [9.17, 15) is 9.13 Å². The van der Waals surface area contributed by atoms with Crippen LogP contribution in [0.25, 0.3) is 0 Å². The Morgan fingerprint density at radius 3 is 1.79 bits per heavy atom. The summed E-state index contributed by atoms with van der Waals surface area (Å²) in [4.78, 5) is 0. The molecule has 0 aliphatic heterocycles. The number of hydrogen-bond donors (Lipinski definition) is 0. The molecule has 0 saturated carbocycles. The molecule has 0 spiro atoms. The molecule has 0 rings (SSSR count). The van der Waals surface area contributed by atoms with E-state index in [0.29, 0.717) is 11.5 Å². The fourth-order valence-electron chi connectivity index (χ4n) is 1.33. The summed E-state index contributed by atoms with van der Waals surface area (Å²) in [6.07, 6.45) is 6.46. The minimum Gasteiger partial charge on any atom is -0.319 e. The lowest BCUT2D eigenvalue weighted by Crippen LogP contribution is -1.86. The zero-order valence-corrected chi connectivity index (χ0v) is 11.4. The van der Waals surface area contributed by atoms with Gasteiger partial charge >= 0.3 is 0 Å². The third kappa shape index (κ3) is 4.98. The zero-order valence-electron chi connectivity index (χ0n) is 9.65. The number of rotatable bonds is 4. The summed E-state index contributed by atoms with van der Waals surface area (Å²) in [6.45, 7) is 8.63. The van der Waals surface area contributed by atoms with E-state index in [-0.39, 0.29) is 0 Å². The van der Waals surface area contributed by atoms with E-state index in [1.807, 2.05) is 25.2 Å². The van der Waals surface area contributed by atoms with Gasteiger partial charge in [0.15, 0.2) is 0 Å². The van der Waals surface area contributed by atoms with E-state index < -0.39 is 14.3 Å². The van der Waals surface area contributed by atoms with E-state index in [1.165, 1.54) is 0 Å². The van der Waals surface area contributed by atoms with Crippen LogP contribution in [0.4, 0.5) is 0 Å². The third-order valence-electron chi connectivity index (χ3n) is 1.78. The highest BCUT2D eigenvalue weighted by molar-refractivity contribution is 7.86. The fourth-order valence-corrected chi connectivity index (χ4v) is 7.06. The Bertz CT molecular complexity index is 304. The van der Waals surface area contributed by atoms with Gasteiger partial charge in [0.2, 0.25) is 0 Å². The maximum absolute atomic E-state index is 11.9. The first-order valence-corrected chi connectivity index (χ1v) is 9.82. The average Bonchev–Trinajstić information content (AvgIpc) is 1.92. The molecule has 2 nitrogen and oxygen atoms in total. The van der Waals surface area contributed by atoms with Gasteiger partial charge < -0.3 is 9.13 Å². The van der Waals surface area contributed by atoms with Gasteiger partial charge in [-0.05, 0) is 40.0 Å². The van der Waals surface area contributed by atoms with E-state index in [4.69, 9.17) is 0 Å². The lowest BCUT2D eigenvalue weighted by atomic mass is 10.4. The van der Waals surface area contributed by atoms with E-state index in [2.05, 4.69) is 0 Å². The third-order valence-corrected chi connectivity index (χ3v) is 7.24. The van der Waals surface area contributed by atoms with Crippen molar-refractivity contribution >= 4 is 14.3 Å². The lowest BCUT2D eigenvalue weighted by molar-refractivity contribution is 0.581. The van der Waals surface area contributed by atoms with Crippen molar-refractivity contribution in [3.05, 3.63) is 23.3 Å². The quantitative estimate of drug-likeness (QED) is 0.543. The van der Waals surface area contributed by atoms with Crippen LogP contribution >= 0.6 is 14.3 Å². The Hall–Kier alpha value is -0.0600. The molecule has 0 radical (unpaired) electrons. The van der Waals surface area contributed by atoms with Crippen molar-refractivity contribution in [3.63, 3.8) is 0 Å². The molecule has 0 aromatic heterocycles. The monoisotopic (exact) mass is 234 g/mol. The highest BCUT2D eigenvalue weighted by Crippen LogP contribution is 2.65. The van der Waals surface area contributed by atoms with Crippen molar-refractivity contribution in [1.82, 2.24) is 0 Å². The highest BCUT2D eigenvalue weighted by atomic mass is 31.2. The molecule has 4 heteroatoms. The molecule has 0 aliphatic carbocycles. The van der Waals surface area contributed by atoms with Crippen LogP contribution < -0.4 is 0 Å². The zero-order chi connectivity index (χ0) is 11.4. The largest absolute Gasteiger partial charge is 0.319 e. The van der Waals surface area contributed by atoms with Gasteiger partial charge in [-0.25, -0.2) is 0 Å². The molecule has 0 aromatic rings. The summed E-state index contributed by atoms with van der Waals surface area (Å²) < 4.78 is 23.8. The standard InChI is InChI=1S/C10H20O2P2/c1-6-7-8-9-10(13(2,3)11)14(4,5)12/h6-7,9H,8H2,1-5H3. The predicted molar refractivity (Wildman–Crippen MR) is 66.4 cm³/mol. The summed E-state index contributed by atoms with van der Waals surface area (Å²) in [6, 6.07) is 0. The molecular formula is C10H20O2P2. The summed E-state index contributed by atoms with van der Waals surface area (Å²) in [7, 11) is -4.75. The summed E-state index contributed by atoms with van der Waals surface area (Å²) in [5.41, 5.74) is 0. The van der Waals surface area contributed by atoms with Crippen LogP contribution in [-0.2, 0) is 9.13 Å². The van der Waals surface area contributed by atoms with Crippen LogP contribution in [0.15, 0.2) is 23.3 Å². The minimum absolute atomic E-state index is 0.656. The topological polar surface area (TPSA) is 34.1 Å². The first kappa shape index (κ1) is 13.9. The average molecular weight is 234 g/mol. The molecule has 14 heavy (non-hydrogen) atoms. The highest BCUT2D eigenvalue weighted by Gasteiger charge is 2.25. The van der Waals surface area contributed by atoms with Gasteiger partial charge in [-0.1, -0.05) is 18.2 Å². The molecule has 0 fully saturated rings. The molecule has 0 aromatic carbocycles. The van der Waals surface area contributed by atoms with Crippen molar-refractivity contribution in [3.8, 4) is 0 Å². The van der Waals surface area contributed by atoms with Crippen LogP contribution in [-0.4, -0.2) is 26.7 Å². The van der Waals surface area contributed by atoms with Gasteiger partial charge in [-0.3, -0.25) is 0 Å². The molecule has 0 bridgehead atoms. The first-order valence-electron chi connectivity index (χ1n) is 4.62. The van der Waals surface area contributed by atoms with E-state index in [1.54, 1.807) is 26.7 Å². The molecule has 0 atom stereocenters. The summed E-state index contributed by atoms with van der Waals surface area (Å²) >= 11 is 0. The number of allylic oxidation sites excluding steroid dienone is 3. The molecular weight excluding hydrogens is 214 g/mol. The van der Waals surface area contributed by atoms with Gasteiger partial charge in [0.1, 0.15) is 14.3 Å². The van der Waals surface area contributed by atoms with Gasteiger partial charge in [0.25, 0.3) is 0 Å². The van der Waals surface area contributed by atoms with E-state index >= 15 is 0 Å². The Morgan fingerprint density at radius 2 is 1.50 bits per heavy atom. The van der Waals surface area contributed by atoms with Gasteiger partial charge in [0.05, 0.1) is 0 Å². The van der Waals surface area contributed by atoms with Crippen LogP contribution in [0.3, 0.4) is 0 Å². The van der Waals surface area contributed by atoms with E-state index in [0.717, 1.165) is 0 Å². The van der Waals surface area contributed by atoms with Gasteiger partial charge in [0, 0.05) is 5.06 Å². The van der Waals surface area contributed by atoms with Crippen LogP contribution in [0.1, 0.15) is 13.3 Å². The van der Waals surface area contributed by atoms with Crippen molar-refractivity contribution in [2.45, 2.75) is 13.3 Å². The molecule has 0 N–H and O–H groups in total. The molecule has 0 aliphatic rings. The smallest absolute Gasteiger partial charge is 0.112 e. The second-order valence-corrected chi connectivity index (χ2v) is 10.8. The summed E-state index contributed by atoms with van der Waals surface area (Å²) in [5.74, 6) is 0. The van der Waals surface area contributed by atoms with Gasteiger partial charge in [-0.15, -0.1) is 0 Å². The second kappa shape index (κ2) is 5.14. The normalized spacial score (nSPS) is 13.2. The Labute approximate surface area is 87.2 Å². The molecule has 0 heterocycles. The van der Waals surface area contributed by atoms with Crippen molar-refractivity contribution in [2.75, 3.05) is 26.7 Å². The maximum atomic E-state index is 11.9. The van der Waals surface area contributed by atoms with Crippen molar-refractivity contribution < 1.29 is 9.13 Å². The lowest BCUT2D eigenvalue weighted by Gasteiger charge is -2.16.